The first kappa shape index (κ1) is 35.8. The summed E-state index contributed by atoms with van der Waals surface area (Å²) in [4.78, 5) is 39.5. The predicted molar refractivity (Wildman–Crippen MR) is 173 cm³/mol. The molecule has 3 rings (SSSR count). The van der Waals surface area contributed by atoms with Crippen molar-refractivity contribution in [2.45, 2.75) is 32.1 Å². The molecular formula is C34H43NO11. The van der Waals surface area contributed by atoms with Gasteiger partial charge in [0.2, 0.25) is 11.5 Å². The molecule has 250 valence electrons. The van der Waals surface area contributed by atoms with Crippen LogP contribution in [-0.4, -0.2) is 85.7 Å². The first-order valence-electron chi connectivity index (χ1n) is 14.9. The molecule has 0 aliphatic heterocycles. The Kier molecular flexibility index (Phi) is 14.2. The number of hydrogen-bond acceptors (Lipinski definition) is 12. The zero-order valence-corrected chi connectivity index (χ0v) is 27.3. The Labute approximate surface area is 268 Å². The van der Waals surface area contributed by atoms with Crippen molar-refractivity contribution in [2.75, 3.05) is 68.9 Å². The molecule has 0 saturated heterocycles. The van der Waals surface area contributed by atoms with Gasteiger partial charge in [-0.3, -0.25) is 4.79 Å². The number of methoxy groups -OCH3 is 5. The fourth-order valence-electron chi connectivity index (χ4n) is 4.68. The van der Waals surface area contributed by atoms with E-state index in [0.29, 0.717) is 47.3 Å². The third-order valence-corrected chi connectivity index (χ3v) is 7.12. The summed E-state index contributed by atoms with van der Waals surface area (Å²) < 4.78 is 42.7. The summed E-state index contributed by atoms with van der Waals surface area (Å²) in [7, 11) is 9.55. The van der Waals surface area contributed by atoms with Gasteiger partial charge < -0.3 is 42.5 Å². The number of rotatable bonds is 19. The minimum Gasteiger partial charge on any atom is -0.496 e. The van der Waals surface area contributed by atoms with Crippen LogP contribution >= 0.6 is 0 Å². The number of ether oxygens (including phenoxy) is 7. The van der Waals surface area contributed by atoms with Gasteiger partial charge in [0.15, 0.2) is 16.9 Å². The molecule has 0 aliphatic rings. The molecule has 0 radical (unpaired) electrons. The highest BCUT2D eigenvalue weighted by molar-refractivity contribution is 5.91. The van der Waals surface area contributed by atoms with E-state index in [4.69, 9.17) is 37.6 Å². The number of nitrogens with zero attached hydrogens (tertiary/aromatic N) is 1. The average Bonchev–Trinajstić information content (AvgIpc) is 3.07. The zero-order valence-electron chi connectivity index (χ0n) is 27.3. The fraction of sp³-hybridized carbons (Fsp3) is 0.441. The summed E-state index contributed by atoms with van der Waals surface area (Å²) in [5.74, 6) is 0.916. The Hall–Kier alpha value is -4.71. The third-order valence-electron chi connectivity index (χ3n) is 7.12. The van der Waals surface area contributed by atoms with E-state index in [1.165, 1.54) is 47.7 Å². The molecule has 12 nitrogen and oxygen atoms in total. The maximum Gasteiger partial charge on any atom is 0.374 e. The van der Waals surface area contributed by atoms with Crippen molar-refractivity contribution in [2.24, 2.45) is 0 Å². The maximum atomic E-state index is 12.6. The van der Waals surface area contributed by atoms with Crippen LogP contribution in [0.2, 0.25) is 0 Å². The van der Waals surface area contributed by atoms with E-state index < -0.39 is 17.4 Å². The normalized spacial score (nSPS) is 11.1. The molecule has 0 fully saturated rings. The van der Waals surface area contributed by atoms with Crippen LogP contribution in [0.25, 0.3) is 17.0 Å². The molecule has 0 spiro atoms. The van der Waals surface area contributed by atoms with Gasteiger partial charge in [-0.1, -0.05) is 0 Å². The number of fused-ring (bicyclic) bond motifs is 1. The first-order valence-corrected chi connectivity index (χ1v) is 14.9. The van der Waals surface area contributed by atoms with Gasteiger partial charge in [0, 0.05) is 24.3 Å². The van der Waals surface area contributed by atoms with Crippen LogP contribution in [0.15, 0.2) is 45.6 Å². The molecule has 0 bridgehead atoms. The van der Waals surface area contributed by atoms with E-state index in [9.17, 15) is 14.4 Å². The molecule has 1 heterocycles. The standard InChI is InChI=1S/C34H43NO11/c1-35(14-8-7-10-16-44-31(37)13-12-23-18-28(41-4)33(43-6)29(19-23)42-5)15-9-11-17-45-34(38)30-22-25(36)32-26(40-3)20-24(39-2)21-27(32)46-30/h12-13,18-22H,7-11,14-17H2,1-6H3/b13-12+. The Morgan fingerprint density at radius 3 is 2.00 bits per heavy atom. The van der Waals surface area contributed by atoms with E-state index in [2.05, 4.69) is 4.90 Å². The van der Waals surface area contributed by atoms with Crippen LogP contribution in [0.3, 0.4) is 0 Å². The molecule has 1 aromatic heterocycles. The molecule has 0 unspecified atom stereocenters. The molecule has 3 aromatic rings. The Bertz CT molecular complexity index is 1520. The minimum absolute atomic E-state index is 0.176. The summed E-state index contributed by atoms with van der Waals surface area (Å²) in [6.45, 7) is 2.27. The SMILES string of the molecule is COc1cc(OC)c2c(=O)cc(C(=O)OCCCCN(C)CCCCCOC(=O)/C=C/c3cc(OC)c(OC)c(OC)c3)oc2c1. The van der Waals surface area contributed by atoms with Crippen molar-refractivity contribution >= 4 is 29.0 Å². The summed E-state index contributed by atoms with van der Waals surface area (Å²) in [6.07, 6.45) is 7.14. The third kappa shape index (κ3) is 10.2. The number of carbonyl (C=O) groups is 2. The van der Waals surface area contributed by atoms with Crippen molar-refractivity contribution in [3.63, 3.8) is 0 Å². The number of carbonyl (C=O) groups excluding carboxylic acids is 2. The number of esters is 2. The van der Waals surface area contributed by atoms with E-state index in [-0.39, 0.29) is 23.3 Å². The van der Waals surface area contributed by atoms with E-state index in [1.807, 2.05) is 7.05 Å². The lowest BCUT2D eigenvalue weighted by atomic mass is 10.1. The van der Waals surface area contributed by atoms with Crippen molar-refractivity contribution in [1.29, 1.82) is 0 Å². The lowest BCUT2D eigenvalue weighted by molar-refractivity contribution is -0.137. The predicted octanol–water partition coefficient (Wildman–Crippen LogP) is 5.13. The maximum absolute atomic E-state index is 12.6. The molecule has 46 heavy (non-hydrogen) atoms. The Morgan fingerprint density at radius 2 is 1.37 bits per heavy atom. The molecule has 0 aliphatic carbocycles. The van der Waals surface area contributed by atoms with Crippen LogP contribution in [0.5, 0.6) is 28.7 Å². The lowest BCUT2D eigenvalue weighted by Gasteiger charge is -2.16. The number of unbranched alkanes of at least 4 members (excludes halogenated alkanes) is 3. The van der Waals surface area contributed by atoms with E-state index >= 15 is 0 Å². The largest absolute Gasteiger partial charge is 0.496 e. The fourth-order valence-corrected chi connectivity index (χ4v) is 4.68. The van der Waals surface area contributed by atoms with Crippen molar-refractivity contribution in [1.82, 2.24) is 4.90 Å². The highest BCUT2D eigenvalue weighted by Gasteiger charge is 2.18. The average molecular weight is 642 g/mol. The van der Waals surface area contributed by atoms with Gasteiger partial charge >= 0.3 is 11.9 Å². The number of hydrogen-bond donors (Lipinski definition) is 0. The van der Waals surface area contributed by atoms with Crippen LogP contribution < -0.4 is 29.1 Å². The molecule has 12 heteroatoms. The topological polar surface area (TPSA) is 132 Å². The van der Waals surface area contributed by atoms with Gasteiger partial charge in [-0.05, 0) is 76.0 Å². The summed E-state index contributed by atoms with van der Waals surface area (Å²) in [5, 5.41) is 0.227. The Morgan fingerprint density at radius 1 is 0.739 bits per heavy atom. The van der Waals surface area contributed by atoms with E-state index in [1.54, 1.807) is 24.3 Å². The second-order valence-corrected chi connectivity index (χ2v) is 10.3. The highest BCUT2D eigenvalue weighted by Crippen LogP contribution is 2.38. The second kappa shape index (κ2) is 18.3. The molecule has 0 N–H and O–H groups in total. The van der Waals surface area contributed by atoms with Crippen molar-refractivity contribution in [3.8, 4) is 28.7 Å². The second-order valence-electron chi connectivity index (χ2n) is 10.3. The van der Waals surface area contributed by atoms with Crippen molar-refractivity contribution < 1.29 is 47.2 Å². The quantitative estimate of drug-likeness (QED) is 0.0976. The van der Waals surface area contributed by atoms with Crippen LogP contribution in [-0.2, 0) is 14.3 Å². The molecule has 0 atom stereocenters. The monoisotopic (exact) mass is 641 g/mol. The summed E-state index contributed by atoms with van der Waals surface area (Å²) >= 11 is 0. The van der Waals surface area contributed by atoms with Gasteiger partial charge in [-0.25, -0.2) is 9.59 Å². The van der Waals surface area contributed by atoms with Gasteiger partial charge in [-0.2, -0.15) is 0 Å². The van der Waals surface area contributed by atoms with Crippen LogP contribution in [0.4, 0.5) is 0 Å². The molecule has 0 saturated carbocycles. The van der Waals surface area contributed by atoms with E-state index in [0.717, 1.165) is 44.8 Å². The highest BCUT2D eigenvalue weighted by atomic mass is 16.5. The minimum atomic E-state index is -0.702. The van der Waals surface area contributed by atoms with Crippen LogP contribution in [0.1, 0.15) is 48.2 Å². The van der Waals surface area contributed by atoms with Gasteiger partial charge in [0.1, 0.15) is 22.5 Å². The van der Waals surface area contributed by atoms with Gasteiger partial charge in [-0.15, -0.1) is 0 Å². The molecular weight excluding hydrogens is 598 g/mol. The zero-order chi connectivity index (χ0) is 33.5. The summed E-state index contributed by atoms with van der Waals surface area (Å²) in [5.41, 5.74) is 0.491. The smallest absolute Gasteiger partial charge is 0.374 e. The molecule has 0 amide bonds. The molecule has 2 aromatic carbocycles. The Balaban J connectivity index is 1.29. The number of benzene rings is 2. The van der Waals surface area contributed by atoms with Crippen LogP contribution in [0, 0.1) is 0 Å². The van der Waals surface area contributed by atoms with Gasteiger partial charge in [0.25, 0.3) is 0 Å². The lowest BCUT2D eigenvalue weighted by Crippen LogP contribution is -2.21. The summed E-state index contributed by atoms with van der Waals surface area (Å²) in [6, 6.07) is 7.71. The first-order chi connectivity index (χ1) is 22.2. The van der Waals surface area contributed by atoms with Crippen molar-refractivity contribution in [3.05, 3.63) is 58.0 Å². The van der Waals surface area contributed by atoms with Gasteiger partial charge in [0.05, 0.1) is 48.8 Å².